The molecule has 1 saturated carbocycles. The van der Waals surface area contributed by atoms with Crippen LogP contribution >= 0.6 is 0 Å². The molecule has 1 saturated heterocycles. The van der Waals surface area contributed by atoms with Crippen LogP contribution in [0.15, 0.2) is 36.9 Å². The van der Waals surface area contributed by atoms with E-state index >= 15 is 0 Å². The van der Waals surface area contributed by atoms with Gasteiger partial charge in [-0.3, -0.25) is 23.9 Å². The molecule has 10 heteroatoms. The summed E-state index contributed by atoms with van der Waals surface area (Å²) in [6, 6.07) is 5.57. The molecule has 3 aromatic rings. The lowest BCUT2D eigenvalue weighted by Gasteiger charge is -2.47. The molecule has 2 N–H and O–H groups in total. The number of anilines is 2. The maximum Gasteiger partial charge on any atom is 0.294 e. The maximum absolute atomic E-state index is 13.1. The number of likely N-dealkylation sites (tertiary alicyclic amines) is 1. The second-order valence-electron chi connectivity index (χ2n) is 10.8. The van der Waals surface area contributed by atoms with Gasteiger partial charge >= 0.3 is 0 Å². The van der Waals surface area contributed by atoms with Crippen molar-refractivity contribution in [2.75, 3.05) is 36.9 Å². The second-order valence-corrected chi connectivity index (χ2v) is 10.8. The van der Waals surface area contributed by atoms with Crippen molar-refractivity contribution in [1.29, 1.82) is 0 Å². The van der Waals surface area contributed by atoms with E-state index in [1.54, 1.807) is 36.0 Å². The van der Waals surface area contributed by atoms with E-state index in [0.717, 1.165) is 43.7 Å². The Hall–Kier alpha value is -3.79. The highest BCUT2D eigenvalue weighted by atomic mass is 16.5. The lowest BCUT2D eigenvalue weighted by atomic mass is 9.63. The molecular formula is C28H33N7O3. The lowest BCUT2D eigenvalue weighted by molar-refractivity contribution is -0.118. The Bertz CT molecular complexity index is 1400. The van der Waals surface area contributed by atoms with Crippen molar-refractivity contribution in [3.05, 3.63) is 53.9 Å². The van der Waals surface area contributed by atoms with Crippen LogP contribution in [-0.4, -0.2) is 62.5 Å². The summed E-state index contributed by atoms with van der Waals surface area (Å²) in [4.78, 5) is 32.4. The van der Waals surface area contributed by atoms with Gasteiger partial charge in [0.15, 0.2) is 5.65 Å². The van der Waals surface area contributed by atoms with Gasteiger partial charge in [-0.05, 0) is 93.3 Å². The molecule has 2 fully saturated rings. The van der Waals surface area contributed by atoms with Crippen molar-refractivity contribution in [3.8, 4) is 0 Å². The molecule has 0 unspecified atom stereocenters. The minimum absolute atomic E-state index is 0.0739. The van der Waals surface area contributed by atoms with Crippen LogP contribution in [-0.2, 0) is 9.53 Å². The molecule has 0 atom stereocenters. The van der Waals surface area contributed by atoms with Crippen molar-refractivity contribution in [2.24, 2.45) is 5.41 Å². The van der Waals surface area contributed by atoms with Crippen molar-refractivity contribution in [2.45, 2.75) is 51.9 Å². The fourth-order valence-corrected chi connectivity index (χ4v) is 5.69. The SMILES string of the molecule is Cc1ncc(NC(=O)CN2CCC3(CCC3)CC2)cc1NC(=O)c1nnc2cc(C3=COCCC3)ccn12. The van der Waals surface area contributed by atoms with Crippen LogP contribution in [0.3, 0.4) is 0 Å². The van der Waals surface area contributed by atoms with Gasteiger partial charge in [0.2, 0.25) is 11.7 Å². The fraction of sp³-hybridized carbons (Fsp3) is 0.464. The molecule has 0 bridgehead atoms. The van der Waals surface area contributed by atoms with E-state index < -0.39 is 5.91 Å². The van der Waals surface area contributed by atoms with E-state index in [-0.39, 0.29) is 11.7 Å². The van der Waals surface area contributed by atoms with Gasteiger partial charge in [-0.2, -0.15) is 0 Å². The zero-order chi connectivity index (χ0) is 26.1. The Morgan fingerprint density at radius 2 is 1.92 bits per heavy atom. The van der Waals surface area contributed by atoms with E-state index in [9.17, 15) is 9.59 Å². The number of hydrogen-bond donors (Lipinski definition) is 2. The summed E-state index contributed by atoms with van der Waals surface area (Å²) in [6.45, 7) is 4.85. The summed E-state index contributed by atoms with van der Waals surface area (Å²) < 4.78 is 7.11. The van der Waals surface area contributed by atoms with Crippen LogP contribution in [0.4, 0.5) is 11.4 Å². The third-order valence-corrected chi connectivity index (χ3v) is 8.23. The Kier molecular flexibility index (Phi) is 6.57. The summed E-state index contributed by atoms with van der Waals surface area (Å²) in [5, 5.41) is 14.1. The average molecular weight is 516 g/mol. The van der Waals surface area contributed by atoms with Crippen LogP contribution in [0.1, 0.15) is 66.8 Å². The van der Waals surface area contributed by atoms with Gasteiger partial charge in [0.05, 0.1) is 42.7 Å². The van der Waals surface area contributed by atoms with Crippen molar-refractivity contribution >= 4 is 34.4 Å². The Morgan fingerprint density at radius 3 is 2.66 bits per heavy atom. The Morgan fingerprint density at radius 1 is 1.08 bits per heavy atom. The zero-order valence-corrected chi connectivity index (χ0v) is 21.7. The largest absolute Gasteiger partial charge is 0.501 e. The number of hydrogen-bond acceptors (Lipinski definition) is 7. The monoisotopic (exact) mass is 515 g/mol. The van der Waals surface area contributed by atoms with Crippen LogP contribution in [0.25, 0.3) is 11.2 Å². The number of aromatic nitrogens is 4. The van der Waals surface area contributed by atoms with Gasteiger partial charge < -0.3 is 15.4 Å². The number of rotatable bonds is 6. The van der Waals surface area contributed by atoms with E-state index in [2.05, 4.69) is 30.7 Å². The second kappa shape index (κ2) is 10.2. The van der Waals surface area contributed by atoms with Crippen LogP contribution in [0.2, 0.25) is 0 Å². The molecular weight excluding hydrogens is 482 g/mol. The smallest absolute Gasteiger partial charge is 0.294 e. The van der Waals surface area contributed by atoms with Crippen molar-refractivity contribution in [3.63, 3.8) is 0 Å². The van der Waals surface area contributed by atoms with Gasteiger partial charge in [-0.25, -0.2) is 0 Å². The number of nitrogens with zero attached hydrogens (tertiary/aromatic N) is 5. The number of allylic oxidation sites excluding steroid dienone is 1. The normalized spacial score (nSPS) is 18.9. The Labute approximate surface area is 221 Å². The van der Waals surface area contributed by atoms with Crippen LogP contribution in [0.5, 0.6) is 0 Å². The first kappa shape index (κ1) is 24.5. The lowest BCUT2D eigenvalue weighted by Crippen LogP contribution is -2.45. The van der Waals surface area contributed by atoms with E-state index in [4.69, 9.17) is 4.74 Å². The molecule has 1 spiro atoms. The number of carbonyl (C=O) groups is 2. The first-order valence-electron chi connectivity index (χ1n) is 13.4. The van der Waals surface area contributed by atoms with Crippen LogP contribution in [0, 0.1) is 12.3 Å². The first-order valence-corrected chi connectivity index (χ1v) is 13.4. The standard InChI is InChI=1S/C28H33N7O3/c1-19-23(15-22(16-29-19)30-25(36)17-34-11-8-28(9-12-34)6-3-7-28)31-27(37)26-33-32-24-14-20(5-10-35(24)26)21-4-2-13-38-18-21/h5,10,14-16,18H,2-4,6-9,11-13,17H2,1H3,(H,30,36)(H,31,37). The fourth-order valence-electron chi connectivity index (χ4n) is 5.69. The molecule has 2 amide bonds. The van der Waals surface area contributed by atoms with Gasteiger partial charge in [-0.15, -0.1) is 10.2 Å². The summed E-state index contributed by atoms with van der Waals surface area (Å²) in [5.41, 5.74) is 4.94. The van der Waals surface area contributed by atoms with Crippen LogP contribution < -0.4 is 10.6 Å². The number of ether oxygens (including phenoxy) is 1. The molecule has 6 rings (SSSR count). The van der Waals surface area contributed by atoms with Gasteiger partial charge in [-0.1, -0.05) is 6.42 Å². The molecule has 5 heterocycles. The molecule has 2 aliphatic heterocycles. The number of fused-ring (bicyclic) bond motifs is 1. The molecule has 3 aliphatic rings. The molecule has 0 radical (unpaired) electrons. The molecule has 38 heavy (non-hydrogen) atoms. The summed E-state index contributed by atoms with van der Waals surface area (Å²) in [7, 11) is 0. The summed E-state index contributed by atoms with van der Waals surface area (Å²) in [5.74, 6) is -0.309. The van der Waals surface area contributed by atoms with Gasteiger partial charge in [0, 0.05) is 6.20 Å². The molecule has 1 aliphatic carbocycles. The molecule has 198 valence electrons. The van der Waals surface area contributed by atoms with Gasteiger partial charge in [0.1, 0.15) is 0 Å². The zero-order valence-electron chi connectivity index (χ0n) is 21.7. The number of aryl methyl sites for hydroxylation is 1. The quantitative estimate of drug-likeness (QED) is 0.509. The third kappa shape index (κ3) is 5.00. The minimum Gasteiger partial charge on any atom is -0.501 e. The van der Waals surface area contributed by atoms with E-state index in [1.807, 2.05) is 12.1 Å². The number of amides is 2. The summed E-state index contributed by atoms with van der Waals surface area (Å²) in [6.07, 6.45) is 13.5. The van der Waals surface area contributed by atoms with Crippen molar-refractivity contribution < 1.29 is 14.3 Å². The highest BCUT2D eigenvalue weighted by Crippen LogP contribution is 2.48. The number of nitrogens with one attached hydrogen (secondary N) is 2. The predicted octanol–water partition coefficient (Wildman–Crippen LogP) is 4.04. The number of carbonyl (C=O) groups excluding carboxylic acids is 2. The third-order valence-electron chi connectivity index (χ3n) is 8.23. The first-order chi connectivity index (χ1) is 18.5. The molecule has 10 nitrogen and oxygen atoms in total. The van der Waals surface area contributed by atoms with Gasteiger partial charge in [0.25, 0.3) is 5.91 Å². The average Bonchev–Trinajstić information content (AvgIpc) is 3.34. The number of pyridine rings is 2. The maximum atomic E-state index is 13.1. The number of piperidine rings is 1. The summed E-state index contributed by atoms with van der Waals surface area (Å²) >= 11 is 0. The van der Waals surface area contributed by atoms with E-state index in [1.165, 1.54) is 32.1 Å². The predicted molar refractivity (Wildman–Crippen MR) is 144 cm³/mol. The topological polar surface area (TPSA) is 114 Å². The Balaban J connectivity index is 1.10. The highest BCUT2D eigenvalue weighted by molar-refractivity contribution is 6.03. The molecule has 3 aromatic heterocycles. The van der Waals surface area contributed by atoms with E-state index in [0.29, 0.717) is 34.7 Å². The van der Waals surface area contributed by atoms with Crippen molar-refractivity contribution in [1.82, 2.24) is 24.5 Å². The highest BCUT2D eigenvalue weighted by Gasteiger charge is 2.39. The molecule has 0 aromatic carbocycles. The minimum atomic E-state index is -0.405.